The molecule has 2 unspecified atom stereocenters. The number of carboxylic acids is 1. The van der Waals surface area contributed by atoms with E-state index in [0.29, 0.717) is 19.3 Å². The average Bonchev–Trinajstić information content (AvgIpc) is 2.62. The van der Waals surface area contributed by atoms with Crippen molar-refractivity contribution in [3.05, 3.63) is 0 Å². The highest BCUT2D eigenvalue weighted by atomic mass is 16.4. The molecule has 0 aliphatic heterocycles. The third kappa shape index (κ3) is 2.70. The lowest BCUT2D eigenvalue weighted by Gasteiger charge is -2.09. The van der Waals surface area contributed by atoms with Crippen LogP contribution in [0.1, 0.15) is 19.3 Å². The molecule has 1 fully saturated rings. The fourth-order valence-corrected chi connectivity index (χ4v) is 1.77. The molecular weight excluding hydrogens is 186 g/mol. The van der Waals surface area contributed by atoms with E-state index in [1.807, 2.05) is 0 Å². The number of aliphatic hydroxyl groups is 1. The van der Waals surface area contributed by atoms with Crippen molar-refractivity contribution < 1.29 is 19.8 Å². The molecule has 0 spiro atoms. The highest BCUT2D eigenvalue weighted by molar-refractivity contribution is 5.80. The van der Waals surface area contributed by atoms with Gasteiger partial charge < -0.3 is 15.5 Å². The number of aliphatic hydroxyl groups excluding tert-OH is 1. The molecule has 5 heteroatoms. The van der Waals surface area contributed by atoms with Crippen LogP contribution >= 0.6 is 0 Å². The van der Waals surface area contributed by atoms with Gasteiger partial charge in [0.15, 0.2) is 0 Å². The number of carbonyl (C=O) groups is 2. The maximum Gasteiger partial charge on any atom is 0.306 e. The second kappa shape index (κ2) is 4.95. The van der Waals surface area contributed by atoms with Gasteiger partial charge in [-0.3, -0.25) is 9.59 Å². The van der Waals surface area contributed by atoms with Crippen LogP contribution in [-0.4, -0.2) is 35.2 Å². The predicted octanol–water partition coefficient (Wildman–Crippen LogP) is -0.404. The summed E-state index contributed by atoms with van der Waals surface area (Å²) < 4.78 is 0. The number of carbonyl (C=O) groups excluding carboxylic acids is 1. The van der Waals surface area contributed by atoms with Crippen LogP contribution in [0.4, 0.5) is 0 Å². The number of hydrogen-bond donors (Lipinski definition) is 3. The number of nitrogens with one attached hydrogen (secondary N) is 1. The molecule has 14 heavy (non-hydrogen) atoms. The largest absolute Gasteiger partial charge is 0.481 e. The predicted molar refractivity (Wildman–Crippen MR) is 48.6 cm³/mol. The van der Waals surface area contributed by atoms with Crippen LogP contribution in [0.5, 0.6) is 0 Å². The maximum atomic E-state index is 11.4. The van der Waals surface area contributed by atoms with Crippen LogP contribution in [0.15, 0.2) is 0 Å². The van der Waals surface area contributed by atoms with E-state index in [4.69, 9.17) is 10.2 Å². The molecule has 0 saturated heterocycles. The first-order chi connectivity index (χ1) is 6.65. The van der Waals surface area contributed by atoms with Crippen molar-refractivity contribution in [1.29, 1.82) is 0 Å². The molecular formula is C9H15NO4. The Hall–Kier alpha value is -1.10. The minimum Gasteiger partial charge on any atom is -0.481 e. The monoisotopic (exact) mass is 201 g/mol. The first-order valence-corrected chi connectivity index (χ1v) is 4.76. The lowest BCUT2D eigenvalue weighted by molar-refractivity contribution is -0.141. The van der Waals surface area contributed by atoms with Gasteiger partial charge in [0.05, 0.1) is 12.5 Å². The average molecular weight is 201 g/mol. The van der Waals surface area contributed by atoms with E-state index in [0.717, 1.165) is 0 Å². The number of rotatable bonds is 4. The van der Waals surface area contributed by atoms with Crippen molar-refractivity contribution in [3.8, 4) is 0 Å². The van der Waals surface area contributed by atoms with Gasteiger partial charge in [-0.15, -0.1) is 0 Å². The van der Waals surface area contributed by atoms with E-state index in [2.05, 4.69) is 5.32 Å². The molecule has 0 aromatic carbocycles. The quantitative estimate of drug-likeness (QED) is 0.577. The Balaban J connectivity index is 2.34. The van der Waals surface area contributed by atoms with Crippen LogP contribution in [0, 0.1) is 11.8 Å². The number of carboxylic acid groups (broad SMARTS) is 1. The molecule has 0 radical (unpaired) electrons. The second-order valence-corrected chi connectivity index (χ2v) is 3.56. The van der Waals surface area contributed by atoms with Gasteiger partial charge in [-0.25, -0.2) is 0 Å². The van der Waals surface area contributed by atoms with E-state index in [1.54, 1.807) is 0 Å². The topological polar surface area (TPSA) is 86.6 Å². The molecule has 1 saturated carbocycles. The fourth-order valence-electron chi connectivity index (χ4n) is 1.77. The van der Waals surface area contributed by atoms with Crippen LogP contribution in [0.2, 0.25) is 0 Å². The van der Waals surface area contributed by atoms with Gasteiger partial charge in [-0.05, 0) is 19.3 Å². The minimum atomic E-state index is -0.817. The Bertz CT molecular complexity index is 229. The molecule has 1 aliphatic carbocycles. The molecule has 1 rings (SSSR count). The Morgan fingerprint density at radius 3 is 2.43 bits per heavy atom. The third-order valence-electron chi connectivity index (χ3n) is 2.56. The summed E-state index contributed by atoms with van der Waals surface area (Å²) in [7, 11) is 0. The van der Waals surface area contributed by atoms with Crippen molar-refractivity contribution in [2.24, 2.45) is 11.8 Å². The van der Waals surface area contributed by atoms with Gasteiger partial charge in [0.25, 0.3) is 0 Å². The number of hydrogen-bond acceptors (Lipinski definition) is 3. The zero-order valence-electron chi connectivity index (χ0n) is 7.90. The van der Waals surface area contributed by atoms with Crippen molar-refractivity contribution in [2.45, 2.75) is 19.3 Å². The summed E-state index contributed by atoms with van der Waals surface area (Å²) in [5.74, 6) is -1.52. The first-order valence-electron chi connectivity index (χ1n) is 4.76. The molecule has 1 aliphatic rings. The molecule has 1 amide bonds. The van der Waals surface area contributed by atoms with Crippen LogP contribution in [0.25, 0.3) is 0 Å². The molecule has 0 bridgehead atoms. The fraction of sp³-hybridized carbons (Fsp3) is 0.778. The highest BCUT2D eigenvalue weighted by Crippen LogP contribution is 2.30. The minimum absolute atomic E-state index is 0.0825. The van der Waals surface area contributed by atoms with Gasteiger partial charge >= 0.3 is 5.97 Å². The van der Waals surface area contributed by atoms with E-state index in [1.165, 1.54) is 0 Å². The summed E-state index contributed by atoms with van der Waals surface area (Å²) in [6.45, 7) is 0.161. The zero-order valence-corrected chi connectivity index (χ0v) is 7.90. The highest BCUT2D eigenvalue weighted by Gasteiger charge is 2.33. The maximum absolute atomic E-state index is 11.4. The summed E-state index contributed by atoms with van der Waals surface area (Å²) in [5, 5.41) is 19.8. The number of amides is 1. The molecule has 5 nitrogen and oxygen atoms in total. The van der Waals surface area contributed by atoms with Gasteiger partial charge in [0, 0.05) is 12.5 Å². The molecule has 0 aromatic heterocycles. The first kappa shape index (κ1) is 11.0. The van der Waals surface area contributed by atoms with Gasteiger partial charge in [0.2, 0.25) is 5.91 Å². The van der Waals surface area contributed by atoms with Crippen LogP contribution < -0.4 is 5.32 Å². The summed E-state index contributed by atoms with van der Waals surface area (Å²) >= 11 is 0. The van der Waals surface area contributed by atoms with Crippen molar-refractivity contribution in [1.82, 2.24) is 5.32 Å². The van der Waals surface area contributed by atoms with Crippen LogP contribution in [0.3, 0.4) is 0 Å². The lowest BCUT2D eigenvalue weighted by Crippen LogP contribution is -2.31. The molecule has 2 atom stereocenters. The third-order valence-corrected chi connectivity index (χ3v) is 2.56. The SMILES string of the molecule is O=C(O)C1CCC(C(=O)NCCO)C1. The van der Waals surface area contributed by atoms with Gasteiger partial charge in [-0.2, -0.15) is 0 Å². The summed E-state index contributed by atoms with van der Waals surface area (Å²) in [6, 6.07) is 0. The van der Waals surface area contributed by atoms with E-state index >= 15 is 0 Å². The van der Waals surface area contributed by atoms with Crippen molar-refractivity contribution >= 4 is 11.9 Å². The van der Waals surface area contributed by atoms with Crippen LogP contribution in [-0.2, 0) is 9.59 Å². The van der Waals surface area contributed by atoms with Crippen molar-refractivity contribution in [2.75, 3.05) is 13.2 Å². The smallest absolute Gasteiger partial charge is 0.306 e. The second-order valence-electron chi connectivity index (χ2n) is 3.56. The number of aliphatic carboxylic acids is 1. The molecule has 80 valence electrons. The van der Waals surface area contributed by atoms with Gasteiger partial charge in [0.1, 0.15) is 0 Å². The lowest BCUT2D eigenvalue weighted by atomic mass is 10.0. The molecule has 0 aromatic rings. The normalized spacial score (nSPS) is 26.1. The van der Waals surface area contributed by atoms with Crippen molar-refractivity contribution in [3.63, 3.8) is 0 Å². The van der Waals surface area contributed by atoms with Gasteiger partial charge in [-0.1, -0.05) is 0 Å². The molecule has 3 N–H and O–H groups in total. The van der Waals surface area contributed by atoms with E-state index < -0.39 is 5.97 Å². The Morgan fingerprint density at radius 2 is 1.93 bits per heavy atom. The Labute approximate surface area is 82.1 Å². The summed E-state index contributed by atoms with van der Waals surface area (Å²) in [5.41, 5.74) is 0. The Morgan fingerprint density at radius 1 is 1.29 bits per heavy atom. The molecule has 0 heterocycles. The summed E-state index contributed by atoms with van der Waals surface area (Å²) in [6.07, 6.45) is 1.63. The van der Waals surface area contributed by atoms with E-state index in [-0.39, 0.29) is 30.9 Å². The Kier molecular flexibility index (Phi) is 3.88. The zero-order chi connectivity index (χ0) is 10.6. The van der Waals surface area contributed by atoms with E-state index in [9.17, 15) is 9.59 Å². The summed E-state index contributed by atoms with van der Waals surface area (Å²) in [4.78, 5) is 22.0. The standard InChI is InChI=1S/C9H15NO4/c11-4-3-10-8(12)6-1-2-7(5-6)9(13)14/h6-7,11H,1-5H2,(H,10,12)(H,13,14).